The van der Waals surface area contributed by atoms with Crippen molar-refractivity contribution in [2.45, 2.75) is 6.42 Å². The lowest BCUT2D eigenvalue weighted by atomic mass is 10.1. The molecule has 0 saturated heterocycles. The van der Waals surface area contributed by atoms with E-state index >= 15 is 0 Å². The van der Waals surface area contributed by atoms with E-state index in [4.69, 9.17) is 9.84 Å². The van der Waals surface area contributed by atoms with Crippen molar-refractivity contribution in [3.63, 3.8) is 0 Å². The standard InChI is InChI=1S/C12H11N3O4S/c1-19-8-4-2-7(3-5-8)6-9(16)13-12-15-14-10(20-12)11(17)18/h2-5H,6H2,1H3,(H,17,18)(H,13,15,16). The van der Waals surface area contributed by atoms with Gasteiger partial charge in [0.05, 0.1) is 13.5 Å². The van der Waals surface area contributed by atoms with Crippen LogP contribution >= 0.6 is 11.3 Å². The van der Waals surface area contributed by atoms with E-state index in [2.05, 4.69) is 15.5 Å². The molecule has 0 bridgehead atoms. The van der Waals surface area contributed by atoms with Gasteiger partial charge in [-0.05, 0) is 17.7 Å². The highest BCUT2D eigenvalue weighted by Gasteiger charge is 2.13. The minimum Gasteiger partial charge on any atom is -0.497 e. The zero-order valence-corrected chi connectivity index (χ0v) is 11.3. The molecule has 0 atom stereocenters. The molecule has 0 fully saturated rings. The second kappa shape index (κ2) is 6.11. The van der Waals surface area contributed by atoms with Gasteiger partial charge in [0.2, 0.25) is 16.0 Å². The Morgan fingerprint density at radius 2 is 2.00 bits per heavy atom. The zero-order valence-electron chi connectivity index (χ0n) is 10.5. The van der Waals surface area contributed by atoms with Gasteiger partial charge in [-0.15, -0.1) is 10.2 Å². The highest BCUT2D eigenvalue weighted by Crippen LogP contribution is 2.16. The number of aromatic nitrogens is 2. The lowest BCUT2D eigenvalue weighted by Gasteiger charge is -2.03. The summed E-state index contributed by atoms with van der Waals surface area (Å²) in [6, 6.07) is 7.08. The van der Waals surface area contributed by atoms with Crippen LogP contribution in [0, 0.1) is 0 Å². The van der Waals surface area contributed by atoms with Gasteiger partial charge in [-0.25, -0.2) is 4.79 Å². The molecule has 0 radical (unpaired) electrons. The van der Waals surface area contributed by atoms with Crippen molar-refractivity contribution in [1.29, 1.82) is 0 Å². The second-order valence-corrected chi connectivity index (χ2v) is 4.77. The summed E-state index contributed by atoms with van der Waals surface area (Å²) in [5, 5.41) is 18.2. The van der Waals surface area contributed by atoms with Crippen molar-refractivity contribution < 1.29 is 19.4 Å². The smallest absolute Gasteiger partial charge is 0.367 e. The van der Waals surface area contributed by atoms with Crippen LogP contribution in [-0.2, 0) is 11.2 Å². The number of nitrogens with one attached hydrogen (secondary N) is 1. The maximum atomic E-state index is 11.8. The van der Waals surface area contributed by atoms with Gasteiger partial charge in [0.1, 0.15) is 5.75 Å². The Hall–Kier alpha value is -2.48. The molecule has 8 heteroatoms. The third kappa shape index (κ3) is 3.51. The van der Waals surface area contributed by atoms with Crippen molar-refractivity contribution in [2.24, 2.45) is 0 Å². The minimum absolute atomic E-state index is 0.159. The lowest BCUT2D eigenvalue weighted by Crippen LogP contribution is -2.14. The monoisotopic (exact) mass is 293 g/mol. The van der Waals surface area contributed by atoms with Crippen LogP contribution in [0.3, 0.4) is 0 Å². The number of carboxylic acid groups (broad SMARTS) is 1. The third-order valence-electron chi connectivity index (χ3n) is 2.38. The lowest BCUT2D eigenvalue weighted by molar-refractivity contribution is -0.115. The molecule has 0 spiro atoms. The van der Waals surface area contributed by atoms with Crippen molar-refractivity contribution in [3.8, 4) is 5.75 Å². The van der Waals surface area contributed by atoms with Gasteiger partial charge in [0.25, 0.3) is 0 Å². The molecular weight excluding hydrogens is 282 g/mol. The molecule has 0 aliphatic carbocycles. The molecule has 0 saturated carbocycles. The van der Waals surface area contributed by atoms with E-state index in [9.17, 15) is 9.59 Å². The van der Waals surface area contributed by atoms with E-state index in [0.717, 1.165) is 16.9 Å². The van der Waals surface area contributed by atoms with Gasteiger partial charge in [-0.3, -0.25) is 4.79 Å². The first-order valence-electron chi connectivity index (χ1n) is 5.58. The number of nitrogens with zero attached hydrogens (tertiary/aromatic N) is 2. The number of ether oxygens (including phenoxy) is 1. The summed E-state index contributed by atoms with van der Waals surface area (Å²) < 4.78 is 5.02. The average molecular weight is 293 g/mol. The van der Waals surface area contributed by atoms with Crippen molar-refractivity contribution in [3.05, 3.63) is 34.8 Å². The molecule has 0 unspecified atom stereocenters. The molecule has 0 aliphatic heterocycles. The molecule has 2 rings (SSSR count). The molecule has 104 valence electrons. The quantitative estimate of drug-likeness (QED) is 0.864. The van der Waals surface area contributed by atoms with Crippen LogP contribution in [0.5, 0.6) is 5.75 Å². The topological polar surface area (TPSA) is 101 Å². The number of amides is 1. The van der Waals surface area contributed by atoms with Gasteiger partial charge in [-0.1, -0.05) is 23.5 Å². The van der Waals surface area contributed by atoms with E-state index in [-0.39, 0.29) is 22.5 Å². The Bertz CT molecular complexity index is 624. The summed E-state index contributed by atoms with van der Waals surface area (Å²) in [4.78, 5) is 22.4. The Morgan fingerprint density at radius 1 is 1.30 bits per heavy atom. The number of anilines is 1. The third-order valence-corrected chi connectivity index (χ3v) is 3.20. The summed E-state index contributed by atoms with van der Waals surface area (Å²) in [5.74, 6) is -0.745. The second-order valence-electron chi connectivity index (χ2n) is 3.79. The van der Waals surface area contributed by atoms with Crippen LogP contribution in [-0.4, -0.2) is 34.3 Å². The number of methoxy groups -OCH3 is 1. The maximum Gasteiger partial charge on any atom is 0.367 e. The summed E-state index contributed by atoms with van der Waals surface area (Å²) in [7, 11) is 1.57. The number of benzene rings is 1. The van der Waals surface area contributed by atoms with Crippen molar-refractivity contribution >= 4 is 28.3 Å². The van der Waals surface area contributed by atoms with Crippen LogP contribution in [0.4, 0.5) is 5.13 Å². The van der Waals surface area contributed by atoms with Crippen molar-refractivity contribution in [2.75, 3.05) is 12.4 Å². The van der Waals surface area contributed by atoms with E-state index in [1.54, 1.807) is 31.4 Å². The fraction of sp³-hybridized carbons (Fsp3) is 0.167. The number of carbonyl (C=O) groups excluding carboxylic acids is 1. The van der Waals surface area contributed by atoms with Gasteiger partial charge < -0.3 is 15.2 Å². The van der Waals surface area contributed by atoms with Crippen LogP contribution in [0.25, 0.3) is 0 Å². The van der Waals surface area contributed by atoms with Gasteiger partial charge in [0.15, 0.2) is 0 Å². The zero-order chi connectivity index (χ0) is 14.5. The van der Waals surface area contributed by atoms with Crippen LogP contribution in [0.15, 0.2) is 24.3 Å². The number of hydrogen-bond acceptors (Lipinski definition) is 6. The highest BCUT2D eigenvalue weighted by atomic mass is 32.1. The fourth-order valence-corrected chi connectivity index (χ4v) is 2.05. The van der Waals surface area contributed by atoms with Crippen LogP contribution in [0.1, 0.15) is 15.4 Å². The molecule has 1 heterocycles. The predicted molar refractivity (Wildman–Crippen MR) is 72.2 cm³/mol. The summed E-state index contributed by atoms with van der Waals surface area (Å²) in [6.07, 6.45) is 0.159. The molecule has 1 amide bonds. The number of rotatable bonds is 5. The first-order valence-corrected chi connectivity index (χ1v) is 6.39. The van der Waals surface area contributed by atoms with Crippen LogP contribution in [0.2, 0.25) is 0 Å². The molecule has 2 N–H and O–H groups in total. The van der Waals surface area contributed by atoms with E-state index in [0.29, 0.717) is 5.75 Å². The Labute approximate surface area is 118 Å². The van der Waals surface area contributed by atoms with Gasteiger partial charge >= 0.3 is 5.97 Å². The summed E-state index contributed by atoms with van der Waals surface area (Å²) in [5.41, 5.74) is 0.811. The summed E-state index contributed by atoms with van der Waals surface area (Å²) >= 11 is 0.812. The normalized spacial score (nSPS) is 10.1. The van der Waals surface area contributed by atoms with E-state index < -0.39 is 5.97 Å². The van der Waals surface area contributed by atoms with Crippen LogP contribution < -0.4 is 10.1 Å². The van der Waals surface area contributed by atoms with Gasteiger partial charge in [-0.2, -0.15) is 0 Å². The largest absolute Gasteiger partial charge is 0.497 e. The highest BCUT2D eigenvalue weighted by molar-refractivity contribution is 7.17. The molecule has 0 aliphatic rings. The van der Waals surface area contributed by atoms with E-state index in [1.807, 2.05) is 0 Å². The van der Waals surface area contributed by atoms with Crippen molar-refractivity contribution in [1.82, 2.24) is 10.2 Å². The number of carbonyl (C=O) groups is 2. The molecule has 1 aromatic carbocycles. The fourth-order valence-electron chi connectivity index (χ4n) is 1.45. The Morgan fingerprint density at radius 3 is 2.55 bits per heavy atom. The van der Waals surface area contributed by atoms with Gasteiger partial charge in [0, 0.05) is 0 Å². The average Bonchev–Trinajstić information content (AvgIpc) is 2.88. The molecule has 2 aromatic rings. The number of hydrogen-bond donors (Lipinski definition) is 2. The molecule has 7 nitrogen and oxygen atoms in total. The minimum atomic E-state index is -1.17. The first kappa shape index (κ1) is 13.9. The molecule has 1 aromatic heterocycles. The SMILES string of the molecule is COc1ccc(CC(=O)Nc2nnc(C(=O)O)s2)cc1. The number of aromatic carboxylic acids is 1. The Kier molecular flexibility index (Phi) is 4.26. The predicted octanol–water partition coefficient (Wildman–Crippen LogP) is 1.43. The molecular formula is C12H11N3O4S. The van der Waals surface area contributed by atoms with E-state index in [1.165, 1.54) is 0 Å². The Balaban J connectivity index is 1.95. The number of carboxylic acids is 1. The summed E-state index contributed by atoms with van der Waals surface area (Å²) in [6.45, 7) is 0. The molecule has 20 heavy (non-hydrogen) atoms. The first-order chi connectivity index (χ1) is 9.58. The maximum absolute atomic E-state index is 11.8.